The number of carbonyl (C=O) groups is 1. The summed E-state index contributed by atoms with van der Waals surface area (Å²) in [5, 5.41) is 2.78. The topological polar surface area (TPSA) is 73.2 Å². The van der Waals surface area contributed by atoms with E-state index in [1.54, 1.807) is 24.3 Å². The molecule has 3 aromatic rings. The standard InChI is InChI=1S/C19H17N3O3/c23-18-10-11-20-14-22(18)13-12-21-19(24)15-6-8-17(9-7-15)25-16-4-2-1-3-5-16/h1-11,14H,12-13H2,(H,21,24). The van der Waals surface area contributed by atoms with Gasteiger partial charge in [0.25, 0.3) is 11.5 Å². The number of hydrogen-bond donors (Lipinski definition) is 1. The van der Waals surface area contributed by atoms with Crippen LogP contribution in [-0.2, 0) is 6.54 Å². The maximum Gasteiger partial charge on any atom is 0.253 e. The van der Waals surface area contributed by atoms with Gasteiger partial charge >= 0.3 is 0 Å². The zero-order chi connectivity index (χ0) is 17.5. The number of benzene rings is 2. The van der Waals surface area contributed by atoms with Crippen molar-refractivity contribution in [2.24, 2.45) is 0 Å². The fourth-order valence-corrected chi connectivity index (χ4v) is 2.24. The second-order valence-corrected chi connectivity index (χ2v) is 5.31. The number of hydrogen-bond acceptors (Lipinski definition) is 4. The number of ether oxygens (including phenoxy) is 1. The second-order valence-electron chi connectivity index (χ2n) is 5.31. The predicted octanol–water partition coefficient (Wildman–Crippen LogP) is 2.47. The molecule has 6 nitrogen and oxygen atoms in total. The highest BCUT2D eigenvalue weighted by atomic mass is 16.5. The van der Waals surface area contributed by atoms with E-state index in [1.807, 2.05) is 30.3 Å². The molecule has 0 radical (unpaired) electrons. The minimum Gasteiger partial charge on any atom is -0.457 e. The van der Waals surface area contributed by atoms with Crippen LogP contribution in [-0.4, -0.2) is 22.0 Å². The summed E-state index contributed by atoms with van der Waals surface area (Å²) < 4.78 is 7.13. The van der Waals surface area contributed by atoms with Gasteiger partial charge in [0, 0.05) is 30.9 Å². The molecule has 6 heteroatoms. The Kier molecular flexibility index (Phi) is 5.21. The zero-order valence-electron chi connectivity index (χ0n) is 13.5. The van der Waals surface area contributed by atoms with Crippen LogP contribution in [0.3, 0.4) is 0 Å². The number of rotatable bonds is 6. The zero-order valence-corrected chi connectivity index (χ0v) is 13.5. The van der Waals surface area contributed by atoms with Gasteiger partial charge in [-0.25, -0.2) is 4.98 Å². The van der Waals surface area contributed by atoms with E-state index in [9.17, 15) is 9.59 Å². The smallest absolute Gasteiger partial charge is 0.253 e. The minimum absolute atomic E-state index is 0.147. The summed E-state index contributed by atoms with van der Waals surface area (Å²) >= 11 is 0. The number of aromatic nitrogens is 2. The summed E-state index contributed by atoms with van der Waals surface area (Å²) in [5.41, 5.74) is 0.380. The van der Waals surface area contributed by atoms with Crippen LogP contribution >= 0.6 is 0 Å². The van der Waals surface area contributed by atoms with Gasteiger partial charge < -0.3 is 10.1 Å². The Hall–Kier alpha value is -3.41. The average Bonchev–Trinajstić information content (AvgIpc) is 2.65. The van der Waals surface area contributed by atoms with Crippen LogP contribution in [0.5, 0.6) is 11.5 Å². The molecule has 0 spiro atoms. The minimum atomic E-state index is -0.205. The number of para-hydroxylation sites is 1. The number of nitrogens with one attached hydrogen (secondary N) is 1. The summed E-state index contributed by atoms with van der Waals surface area (Å²) in [5.74, 6) is 1.19. The van der Waals surface area contributed by atoms with E-state index in [2.05, 4.69) is 10.3 Å². The van der Waals surface area contributed by atoms with Gasteiger partial charge in [0.15, 0.2) is 0 Å². The second kappa shape index (κ2) is 7.92. The third-order valence-corrected chi connectivity index (χ3v) is 3.53. The molecule has 0 aliphatic carbocycles. The molecule has 0 unspecified atom stereocenters. The fraction of sp³-hybridized carbons (Fsp3) is 0.105. The number of carbonyl (C=O) groups excluding carboxylic acids is 1. The molecule has 1 N–H and O–H groups in total. The summed E-state index contributed by atoms with van der Waals surface area (Å²) in [7, 11) is 0. The van der Waals surface area contributed by atoms with Crippen LogP contribution in [0.1, 0.15) is 10.4 Å². The molecule has 0 saturated carbocycles. The third-order valence-electron chi connectivity index (χ3n) is 3.53. The van der Waals surface area contributed by atoms with Crippen LogP contribution in [0.25, 0.3) is 0 Å². The van der Waals surface area contributed by atoms with Crippen molar-refractivity contribution in [2.45, 2.75) is 6.54 Å². The van der Waals surface area contributed by atoms with Crippen molar-refractivity contribution >= 4 is 5.91 Å². The van der Waals surface area contributed by atoms with Crippen molar-refractivity contribution in [1.82, 2.24) is 14.9 Å². The molecule has 25 heavy (non-hydrogen) atoms. The highest BCUT2D eigenvalue weighted by Gasteiger charge is 2.06. The first kappa shape index (κ1) is 16.4. The van der Waals surface area contributed by atoms with Gasteiger partial charge in [-0.2, -0.15) is 0 Å². The summed E-state index contributed by atoms with van der Waals surface area (Å²) in [4.78, 5) is 27.6. The van der Waals surface area contributed by atoms with Crippen molar-refractivity contribution < 1.29 is 9.53 Å². The van der Waals surface area contributed by atoms with Gasteiger partial charge in [-0.1, -0.05) is 18.2 Å². The Labute approximate surface area is 144 Å². The van der Waals surface area contributed by atoms with Gasteiger partial charge in [-0.15, -0.1) is 0 Å². The molecular formula is C19H17N3O3. The molecule has 0 aliphatic rings. The van der Waals surface area contributed by atoms with E-state index in [1.165, 1.54) is 23.2 Å². The lowest BCUT2D eigenvalue weighted by atomic mass is 10.2. The quantitative estimate of drug-likeness (QED) is 0.751. The molecule has 0 saturated heterocycles. The summed E-state index contributed by atoms with van der Waals surface area (Å²) in [6, 6.07) is 17.7. The van der Waals surface area contributed by atoms with E-state index in [-0.39, 0.29) is 11.5 Å². The first-order valence-electron chi connectivity index (χ1n) is 7.84. The fourth-order valence-electron chi connectivity index (χ4n) is 2.24. The van der Waals surface area contributed by atoms with Crippen LogP contribution < -0.4 is 15.6 Å². The molecule has 3 rings (SSSR count). The Balaban J connectivity index is 1.54. The molecular weight excluding hydrogens is 318 g/mol. The molecule has 2 aromatic carbocycles. The van der Waals surface area contributed by atoms with Gasteiger partial charge in [0.1, 0.15) is 11.5 Å². The molecule has 126 valence electrons. The maximum absolute atomic E-state index is 12.1. The predicted molar refractivity (Wildman–Crippen MR) is 93.8 cm³/mol. The first-order valence-corrected chi connectivity index (χ1v) is 7.84. The Bertz CT molecular complexity index is 890. The van der Waals surface area contributed by atoms with Crippen molar-refractivity contribution in [2.75, 3.05) is 6.54 Å². The van der Waals surface area contributed by atoms with Gasteiger partial charge in [0.05, 0.1) is 6.33 Å². The highest BCUT2D eigenvalue weighted by Crippen LogP contribution is 2.20. The normalized spacial score (nSPS) is 10.2. The molecule has 0 atom stereocenters. The first-order chi connectivity index (χ1) is 12.2. The summed E-state index contributed by atoms with van der Waals surface area (Å²) in [6.07, 6.45) is 2.89. The lowest BCUT2D eigenvalue weighted by molar-refractivity contribution is 0.0952. The van der Waals surface area contributed by atoms with Gasteiger partial charge in [0.2, 0.25) is 0 Å². The Morgan fingerprint density at radius 2 is 1.72 bits per heavy atom. The maximum atomic E-state index is 12.1. The molecule has 1 amide bonds. The van der Waals surface area contributed by atoms with Crippen LogP contribution in [0, 0.1) is 0 Å². The summed E-state index contributed by atoms with van der Waals surface area (Å²) in [6.45, 7) is 0.709. The lowest BCUT2D eigenvalue weighted by Gasteiger charge is -2.08. The Morgan fingerprint density at radius 3 is 2.44 bits per heavy atom. The van der Waals surface area contributed by atoms with E-state index in [0.29, 0.717) is 24.4 Å². The van der Waals surface area contributed by atoms with E-state index >= 15 is 0 Å². The van der Waals surface area contributed by atoms with Crippen LogP contribution in [0.15, 0.2) is 78.0 Å². The number of nitrogens with zero attached hydrogens (tertiary/aromatic N) is 2. The van der Waals surface area contributed by atoms with Crippen LogP contribution in [0.4, 0.5) is 0 Å². The SMILES string of the molecule is O=C(NCCn1cnccc1=O)c1ccc(Oc2ccccc2)cc1. The van der Waals surface area contributed by atoms with Crippen molar-refractivity contribution in [1.29, 1.82) is 0 Å². The van der Waals surface area contributed by atoms with Crippen molar-refractivity contribution in [3.05, 3.63) is 89.1 Å². The largest absolute Gasteiger partial charge is 0.457 e. The monoisotopic (exact) mass is 335 g/mol. The average molecular weight is 335 g/mol. The number of amides is 1. The van der Waals surface area contributed by atoms with Crippen molar-refractivity contribution in [3.63, 3.8) is 0 Å². The van der Waals surface area contributed by atoms with E-state index in [4.69, 9.17) is 4.74 Å². The van der Waals surface area contributed by atoms with E-state index < -0.39 is 0 Å². The van der Waals surface area contributed by atoms with Gasteiger partial charge in [-0.05, 0) is 36.4 Å². The molecule has 1 heterocycles. The van der Waals surface area contributed by atoms with Crippen LogP contribution in [0.2, 0.25) is 0 Å². The lowest BCUT2D eigenvalue weighted by Crippen LogP contribution is -2.30. The molecule has 0 fully saturated rings. The third kappa shape index (κ3) is 4.54. The molecule has 1 aromatic heterocycles. The van der Waals surface area contributed by atoms with Crippen molar-refractivity contribution in [3.8, 4) is 11.5 Å². The molecule has 0 bridgehead atoms. The van der Waals surface area contributed by atoms with Gasteiger partial charge in [-0.3, -0.25) is 14.2 Å². The Morgan fingerprint density at radius 1 is 1.00 bits per heavy atom. The highest BCUT2D eigenvalue weighted by molar-refractivity contribution is 5.94. The van der Waals surface area contributed by atoms with E-state index in [0.717, 1.165) is 5.75 Å². The molecule has 0 aliphatic heterocycles.